The number of hydrogen-bond acceptors (Lipinski definition) is 3. The van der Waals surface area contributed by atoms with Crippen LogP contribution in [0.4, 0.5) is 0 Å². The predicted octanol–water partition coefficient (Wildman–Crippen LogP) is 2.38. The number of aromatic amines is 1. The smallest absolute Gasteiger partial charge is 0.251 e. The van der Waals surface area contributed by atoms with Crippen LogP contribution in [-0.4, -0.2) is 9.97 Å². The van der Waals surface area contributed by atoms with Crippen molar-refractivity contribution in [3.63, 3.8) is 0 Å². The Hall–Kier alpha value is -1.42. The molecule has 0 atom stereocenters. The highest BCUT2D eigenvalue weighted by Gasteiger charge is 2.26. The van der Waals surface area contributed by atoms with Gasteiger partial charge in [0, 0.05) is 12.0 Å². The molecule has 0 aliphatic heterocycles. The van der Waals surface area contributed by atoms with Gasteiger partial charge in [-0.3, -0.25) is 4.79 Å². The maximum absolute atomic E-state index is 11.4. The minimum absolute atomic E-state index is 0.0460. The molecule has 0 amide bonds. The van der Waals surface area contributed by atoms with Crippen LogP contribution in [-0.2, 0) is 0 Å². The van der Waals surface area contributed by atoms with E-state index >= 15 is 0 Å². The number of nitrogens with zero attached hydrogens (tertiary/aromatic N) is 1. The van der Waals surface area contributed by atoms with E-state index in [1.165, 1.54) is 0 Å². The van der Waals surface area contributed by atoms with Gasteiger partial charge in [0.25, 0.3) is 5.56 Å². The van der Waals surface area contributed by atoms with Gasteiger partial charge in [0.15, 0.2) is 0 Å². The number of H-pyrrole nitrogens is 1. The minimum Gasteiger partial charge on any atom is -0.310 e. The monoisotopic (exact) mass is 218 g/mol. The van der Waals surface area contributed by atoms with Crippen LogP contribution in [0, 0.1) is 0 Å². The maximum atomic E-state index is 11.4. The van der Waals surface area contributed by atoms with Crippen LogP contribution in [0.25, 0.3) is 10.6 Å². The van der Waals surface area contributed by atoms with Gasteiger partial charge in [0.2, 0.25) is 0 Å². The Bertz CT molecular complexity index is 526. The summed E-state index contributed by atoms with van der Waals surface area (Å²) < 4.78 is 0. The van der Waals surface area contributed by atoms with E-state index in [-0.39, 0.29) is 5.56 Å². The van der Waals surface area contributed by atoms with Gasteiger partial charge in [-0.15, -0.1) is 11.3 Å². The molecule has 0 spiro atoms. The summed E-state index contributed by atoms with van der Waals surface area (Å²) in [5.74, 6) is 1.34. The molecule has 3 rings (SSSR count). The summed E-state index contributed by atoms with van der Waals surface area (Å²) in [5.41, 5.74) is 0.756. The van der Waals surface area contributed by atoms with E-state index in [2.05, 4.69) is 9.97 Å². The summed E-state index contributed by atoms with van der Waals surface area (Å²) in [6, 6.07) is 5.53. The lowest BCUT2D eigenvalue weighted by molar-refractivity contribution is 0.913. The molecule has 3 nitrogen and oxygen atoms in total. The highest BCUT2D eigenvalue weighted by molar-refractivity contribution is 7.13. The van der Waals surface area contributed by atoms with Crippen molar-refractivity contribution >= 4 is 11.3 Å². The van der Waals surface area contributed by atoms with Gasteiger partial charge in [-0.2, -0.15) is 0 Å². The lowest BCUT2D eigenvalue weighted by atomic mass is 10.3. The second-order valence-corrected chi connectivity index (χ2v) is 4.72. The van der Waals surface area contributed by atoms with Crippen molar-refractivity contribution in [3.05, 3.63) is 39.8 Å². The van der Waals surface area contributed by atoms with Crippen molar-refractivity contribution in [2.24, 2.45) is 0 Å². The van der Waals surface area contributed by atoms with Crippen LogP contribution in [0.1, 0.15) is 24.6 Å². The average molecular weight is 218 g/mol. The van der Waals surface area contributed by atoms with Crippen LogP contribution in [0.3, 0.4) is 0 Å². The van der Waals surface area contributed by atoms with Gasteiger partial charge in [-0.05, 0) is 24.3 Å². The molecule has 1 N–H and O–H groups in total. The van der Waals surface area contributed by atoms with Gasteiger partial charge in [0.1, 0.15) is 5.82 Å². The molecule has 4 heteroatoms. The van der Waals surface area contributed by atoms with E-state index in [1.54, 1.807) is 17.4 Å². The summed E-state index contributed by atoms with van der Waals surface area (Å²) in [6.45, 7) is 0. The third-order valence-corrected chi connectivity index (χ3v) is 3.39. The zero-order valence-electron chi connectivity index (χ0n) is 8.06. The van der Waals surface area contributed by atoms with Gasteiger partial charge in [-0.1, -0.05) is 6.07 Å². The Morgan fingerprint density at radius 1 is 1.47 bits per heavy atom. The summed E-state index contributed by atoms with van der Waals surface area (Å²) in [5, 5.41) is 2.00. The van der Waals surface area contributed by atoms with Crippen LogP contribution in [0.5, 0.6) is 0 Å². The molecule has 0 radical (unpaired) electrons. The second kappa shape index (κ2) is 3.31. The third-order valence-electron chi connectivity index (χ3n) is 2.50. The highest BCUT2D eigenvalue weighted by Crippen LogP contribution is 2.38. The van der Waals surface area contributed by atoms with E-state index in [9.17, 15) is 4.79 Å². The first-order chi connectivity index (χ1) is 7.33. The Morgan fingerprint density at radius 2 is 2.33 bits per heavy atom. The average Bonchev–Trinajstić information content (AvgIpc) is 2.93. The van der Waals surface area contributed by atoms with Crippen LogP contribution >= 0.6 is 11.3 Å². The predicted molar refractivity (Wildman–Crippen MR) is 60.1 cm³/mol. The Morgan fingerprint density at radius 3 is 3.00 bits per heavy atom. The zero-order chi connectivity index (χ0) is 10.3. The fourth-order valence-corrected chi connectivity index (χ4v) is 2.26. The van der Waals surface area contributed by atoms with Crippen LogP contribution in [0.2, 0.25) is 0 Å². The molecule has 0 saturated heterocycles. The summed E-state index contributed by atoms with van der Waals surface area (Å²) in [4.78, 5) is 19.8. The van der Waals surface area contributed by atoms with Gasteiger partial charge in [0.05, 0.1) is 10.6 Å². The van der Waals surface area contributed by atoms with Crippen molar-refractivity contribution in [1.82, 2.24) is 9.97 Å². The van der Waals surface area contributed by atoms with Crippen molar-refractivity contribution in [2.45, 2.75) is 18.8 Å². The van der Waals surface area contributed by atoms with Gasteiger partial charge in [-0.25, -0.2) is 4.98 Å². The summed E-state index contributed by atoms with van der Waals surface area (Å²) in [6.07, 6.45) is 2.30. The Balaban J connectivity index is 2.11. The Kier molecular flexibility index (Phi) is 1.95. The first-order valence-electron chi connectivity index (χ1n) is 4.98. The fourth-order valence-electron chi connectivity index (χ4n) is 1.58. The van der Waals surface area contributed by atoms with Gasteiger partial charge < -0.3 is 4.98 Å². The molecule has 0 bridgehead atoms. The normalized spacial score (nSPS) is 15.5. The molecule has 2 aromatic heterocycles. The zero-order valence-corrected chi connectivity index (χ0v) is 8.88. The molecule has 1 fully saturated rings. The van der Waals surface area contributed by atoms with E-state index in [1.807, 2.05) is 17.5 Å². The highest BCUT2D eigenvalue weighted by atomic mass is 32.1. The third kappa shape index (κ3) is 1.72. The largest absolute Gasteiger partial charge is 0.310 e. The first-order valence-corrected chi connectivity index (χ1v) is 5.86. The quantitative estimate of drug-likeness (QED) is 0.841. The molecule has 1 aliphatic carbocycles. The van der Waals surface area contributed by atoms with Crippen LogP contribution < -0.4 is 5.56 Å². The van der Waals surface area contributed by atoms with Gasteiger partial charge >= 0.3 is 0 Å². The number of thiophene rings is 1. The summed E-state index contributed by atoms with van der Waals surface area (Å²) >= 11 is 1.61. The first kappa shape index (κ1) is 8.85. The van der Waals surface area contributed by atoms with Crippen molar-refractivity contribution < 1.29 is 0 Å². The molecule has 15 heavy (non-hydrogen) atoms. The Labute approximate surface area is 90.8 Å². The van der Waals surface area contributed by atoms with Crippen molar-refractivity contribution in [2.75, 3.05) is 0 Å². The SMILES string of the molecule is O=c1cc(-c2cccs2)nc(C2CC2)[nH]1. The lowest BCUT2D eigenvalue weighted by Gasteiger charge is -2.00. The maximum Gasteiger partial charge on any atom is 0.251 e. The van der Waals surface area contributed by atoms with E-state index in [0.717, 1.165) is 29.2 Å². The molecular weight excluding hydrogens is 208 g/mol. The number of aromatic nitrogens is 2. The molecule has 2 aromatic rings. The molecule has 1 saturated carbocycles. The summed E-state index contributed by atoms with van der Waals surface area (Å²) in [7, 11) is 0. The number of nitrogens with one attached hydrogen (secondary N) is 1. The number of rotatable bonds is 2. The van der Waals surface area contributed by atoms with E-state index in [0.29, 0.717) is 5.92 Å². The molecule has 0 unspecified atom stereocenters. The molecular formula is C11H10N2OS. The second-order valence-electron chi connectivity index (χ2n) is 3.77. The standard InChI is InChI=1S/C11H10N2OS/c14-10-6-8(9-2-1-5-15-9)12-11(13-10)7-3-4-7/h1-2,5-7H,3-4H2,(H,12,13,14). The lowest BCUT2D eigenvalue weighted by Crippen LogP contribution is -2.10. The topological polar surface area (TPSA) is 45.8 Å². The molecule has 76 valence electrons. The fraction of sp³-hybridized carbons (Fsp3) is 0.273. The molecule has 1 aliphatic rings. The van der Waals surface area contributed by atoms with Crippen molar-refractivity contribution in [3.8, 4) is 10.6 Å². The van der Waals surface area contributed by atoms with E-state index < -0.39 is 0 Å². The van der Waals surface area contributed by atoms with E-state index in [4.69, 9.17) is 0 Å². The van der Waals surface area contributed by atoms with Crippen LogP contribution in [0.15, 0.2) is 28.4 Å². The van der Waals surface area contributed by atoms with Crippen molar-refractivity contribution in [1.29, 1.82) is 0 Å². The minimum atomic E-state index is -0.0460. The number of hydrogen-bond donors (Lipinski definition) is 1. The molecule has 0 aromatic carbocycles. The molecule has 2 heterocycles.